The Kier molecular flexibility index (Phi) is 8.06. The summed E-state index contributed by atoms with van der Waals surface area (Å²) >= 11 is 0. The minimum atomic E-state index is -0.509. The Balaban J connectivity index is 1.89. The van der Waals surface area contributed by atoms with Gasteiger partial charge >= 0.3 is 0 Å². The zero-order valence-electron chi connectivity index (χ0n) is 16.2. The van der Waals surface area contributed by atoms with Crippen LogP contribution in [0, 0.1) is 12.8 Å². The molecule has 1 aromatic carbocycles. The zero-order chi connectivity index (χ0) is 18.9. The number of rotatable bonds is 8. The molecular formula is C20H32N4O2. The number of carbonyl (C=O) groups excluding carboxylic acids is 2. The average Bonchev–Trinajstić information content (AvgIpc) is 2.62. The van der Waals surface area contributed by atoms with Crippen molar-refractivity contribution in [2.75, 3.05) is 39.3 Å². The predicted octanol–water partition coefficient (Wildman–Crippen LogP) is 1.16. The van der Waals surface area contributed by atoms with Crippen LogP contribution in [0.4, 0.5) is 0 Å². The summed E-state index contributed by atoms with van der Waals surface area (Å²) in [7, 11) is 0. The minimum Gasteiger partial charge on any atom is -0.353 e. The van der Waals surface area contributed by atoms with E-state index in [1.165, 1.54) is 0 Å². The summed E-state index contributed by atoms with van der Waals surface area (Å²) in [5.41, 5.74) is 1.53. The number of piperazine rings is 1. The predicted molar refractivity (Wildman–Crippen MR) is 104 cm³/mol. The van der Waals surface area contributed by atoms with E-state index in [1.54, 1.807) is 6.07 Å². The molecule has 1 unspecified atom stereocenters. The van der Waals surface area contributed by atoms with Gasteiger partial charge in [0.1, 0.15) is 6.04 Å². The molecule has 2 rings (SSSR count). The summed E-state index contributed by atoms with van der Waals surface area (Å²) in [5, 5.41) is 9.23. The molecular weight excluding hydrogens is 328 g/mol. The first-order chi connectivity index (χ1) is 12.5. The summed E-state index contributed by atoms with van der Waals surface area (Å²) in [4.78, 5) is 27.5. The first-order valence-electron chi connectivity index (χ1n) is 9.54. The Bertz CT molecular complexity index is 597. The van der Waals surface area contributed by atoms with E-state index in [4.69, 9.17) is 0 Å². The standard InChI is InChI=1S/C20H32N4O2/c1-15(2)14-18(23-19(25)17-7-5-4-6-16(17)3)20(26)22-10-13-24-11-8-21-9-12-24/h4-7,15,18,21H,8-14H2,1-3H3,(H,22,26)(H,23,25). The molecule has 1 atom stereocenters. The Morgan fingerprint density at radius 2 is 1.88 bits per heavy atom. The van der Waals surface area contributed by atoms with Crippen LogP contribution in [0.3, 0.4) is 0 Å². The van der Waals surface area contributed by atoms with E-state index in [0.29, 0.717) is 24.4 Å². The lowest BCUT2D eigenvalue weighted by molar-refractivity contribution is -0.123. The largest absolute Gasteiger partial charge is 0.353 e. The first kappa shape index (κ1) is 20.4. The maximum Gasteiger partial charge on any atom is 0.252 e. The van der Waals surface area contributed by atoms with Crippen LogP contribution in [0.1, 0.15) is 36.2 Å². The third-order valence-electron chi connectivity index (χ3n) is 4.66. The number of amides is 2. The molecule has 2 amide bonds. The molecule has 0 bridgehead atoms. The summed E-state index contributed by atoms with van der Waals surface area (Å²) < 4.78 is 0. The molecule has 0 spiro atoms. The molecule has 1 saturated heterocycles. The average molecular weight is 361 g/mol. The van der Waals surface area contributed by atoms with Crippen molar-refractivity contribution in [2.45, 2.75) is 33.2 Å². The van der Waals surface area contributed by atoms with Crippen LogP contribution in [-0.2, 0) is 4.79 Å². The number of hydrogen-bond acceptors (Lipinski definition) is 4. The van der Waals surface area contributed by atoms with E-state index in [9.17, 15) is 9.59 Å². The fraction of sp³-hybridized carbons (Fsp3) is 0.600. The molecule has 6 nitrogen and oxygen atoms in total. The second-order valence-corrected chi connectivity index (χ2v) is 7.35. The van der Waals surface area contributed by atoms with Crippen LogP contribution in [0.25, 0.3) is 0 Å². The zero-order valence-corrected chi connectivity index (χ0v) is 16.2. The molecule has 1 fully saturated rings. The van der Waals surface area contributed by atoms with E-state index in [0.717, 1.165) is 38.3 Å². The summed E-state index contributed by atoms with van der Waals surface area (Å²) in [5.74, 6) is 0.0258. The molecule has 0 radical (unpaired) electrons. The van der Waals surface area contributed by atoms with Crippen LogP contribution in [0.15, 0.2) is 24.3 Å². The highest BCUT2D eigenvalue weighted by atomic mass is 16.2. The van der Waals surface area contributed by atoms with Crippen LogP contribution in [-0.4, -0.2) is 62.0 Å². The van der Waals surface area contributed by atoms with Crippen LogP contribution in [0.2, 0.25) is 0 Å². The molecule has 1 aliphatic rings. The number of benzene rings is 1. The minimum absolute atomic E-state index is 0.101. The quantitative estimate of drug-likeness (QED) is 0.650. The lowest BCUT2D eigenvalue weighted by Crippen LogP contribution is -2.50. The Labute approximate surface area is 156 Å². The molecule has 3 N–H and O–H groups in total. The van der Waals surface area contributed by atoms with Crippen molar-refractivity contribution >= 4 is 11.8 Å². The fourth-order valence-electron chi connectivity index (χ4n) is 3.16. The highest BCUT2D eigenvalue weighted by molar-refractivity contribution is 5.98. The highest BCUT2D eigenvalue weighted by Gasteiger charge is 2.23. The molecule has 6 heteroatoms. The molecule has 0 aliphatic carbocycles. The van der Waals surface area contributed by atoms with Gasteiger partial charge in [-0.2, -0.15) is 0 Å². The Morgan fingerprint density at radius 3 is 2.54 bits per heavy atom. The summed E-state index contributed by atoms with van der Waals surface area (Å²) in [6.45, 7) is 11.5. The lowest BCUT2D eigenvalue weighted by atomic mass is 10.0. The van der Waals surface area contributed by atoms with Crippen molar-refractivity contribution < 1.29 is 9.59 Å². The number of hydrogen-bond donors (Lipinski definition) is 3. The van der Waals surface area contributed by atoms with Crippen molar-refractivity contribution in [3.05, 3.63) is 35.4 Å². The highest BCUT2D eigenvalue weighted by Crippen LogP contribution is 2.10. The van der Waals surface area contributed by atoms with Gasteiger partial charge < -0.3 is 16.0 Å². The van der Waals surface area contributed by atoms with Crippen LogP contribution in [0.5, 0.6) is 0 Å². The number of carbonyl (C=O) groups is 2. The third kappa shape index (κ3) is 6.42. The van der Waals surface area contributed by atoms with Gasteiger partial charge in [-0.3, -0.25) is 14.5 Å². The topological polar surface area (TPSA) is 73.5 Å². The normalized spacial score (nSPS) is 16.3. The molecule has 0 saturated carbocycles. The van der Waals surface area contributed by atoms with Gasteiger partial charge in [0.15, 0.2) is 0 Å². The van der Waals surface area contributed by atoms with Crippen molar-refractivity contribution in [3.8, 4) is 0 Å². The van der Waals surface area contributed by atoms with Gasteiger partial charge in [-0.05, 0) is 30.9 Å². The van der Waals surface area contributed by atoms with E-state index in [1.807, 2.05) is 25.1 Å². The molecule has 1 aromatic rings. The van der Waals surface area contributed by atoms with Crippen molar-refractivity contribution in [1.82, 2.24) is 20.9 Å². The Hall–Kier alpha value is -1.92. The van der Waals surface area contributed by atoms with E-state index >= 15 is 0 Å². The third-order valence-corrected chi connectivity index (χ3v) is 4.66. The Morgan fingerprint density at radius 1 is 1.19 bits per heavy atom. The van der Waals surface area contributed by atoms with E-state index < -0.39 is 6.04 Å². The van der Waals surface area contributed by atoms with Crippen molar-refractivity contribution in [1.29, 1.82) is 0 Å². The number of nitrogens with zero attached hydrogens (tertiary/aromatic N) is 1. The fourth-order valence-corrected chi connectivity index (χ4v) is 3.16. The molecule has 144 valence electrons. The van der Waals surface area contributed by atoms with Crippen molar-refractivity contribution in [3.63, 3.8) is 0 Å². The molecule has 0 aromatic heterocycles. The molecule has 1 heterocycles. The molecule has 26 heavy (non-hydrogen) atoms. The summed E-state index contributed by atoms with van der Waals surface area (Å²) in [6, 6.07) is 6.93. The maximum atomic E-state index is 12.6. The van der Waals surface area contributed by atoms with Gasteiger partial charge in [0.2, 0.25) is 5.91 Å². The van der Waals surface area contributed by atoms with E-state index in [2.05, 4.69) is 34.7 Å². The second-order valence-electron chi connectivity index (χ2n) is 7.35. The van der Waals surface area contributed by atoms with Gasteiger partial charge in [0.05, 0.1) is 0 Å². The second kappa shape index (κ2) is 10.3. The van der Waals surface area contributed by atoms with Gasteiger partial charge in [-0.15, -0.1) is 0 Å². The van der Waals surface area contributed by atoms with Crippen molar-refractivity contribution in [2.24, 2.45) is 5.92 Å². The van der Waals surface area contributed by atoms with E-state index in [-0.39, 0.29) is 11.8 Å². The van der Waals surface area contributed by atoms with Crippen LogP contribution < -0.4 is 16.0 Å². The SMILES string of the molecule is Cc1ccccc1C(=O)NC(CC(C)C)C(=O)NCCN1CCNCC1. The number of nitrogens with one attached hydrogen (secondary N) is 3. The summed E-state index contributed by atoms with van der Waals surface area (Å²) in [6.07, 6.45) is 0.622. The van der Waals surface area contributed by atoms with Crippen LogP contribution >= 0.6 is 0 Å². The van der Waals surface area contributed by atoms with Gasteiger partial charge in [-0.25, -0.2) is 0 Å². The van der Waals surface area contributed by atoms with Gasteiger partial charge in [0.25, 0.3) is 5.91 Å². The first-order valence-corrected chi connectivity index (χ1v) is 9.54. The molecule has 1 aliphatic heterocycles. The number of aryl methyl sites for hydroxylation is 1. The smallest absolute Gasteiger partial charge is 0.252 e. The lowest BCUT2D eigenvalue weighted by Gasteiger charge is -2.27. The maximum absolute atomic E-state index is 12.6. The monoisotopic (exact) mass is 360 g/mol. The van der Waals surface area contributed by atoms with Gasteiger partial charge in [-0.1, -0.05) is 32.0 Å². The van der Waals surface area contributed by atoms with Gasteiger partial charge in [0, 0.05) is 44.8 Å².